The van der Waals surface area contributed by atoms with Crippen molar-refractivity contribution in [2.75, 3.05) is 0 Å². The van der Waals surface area contributed by atoms with Gasteiger partial charge in [0.15, 0.2) is 0 Å². The second kappa shape index (κ2) is 8.17. The number of hydrogen-bond donors (Lipinski definition) is 0. The Morgan fingerprint density at radius 2 is 1.85 bits per heavy atom. The molecule has 1 heteroatoms. The van der Waals surface area contributed by atoms with Crippen molar-refractivity contribution >= 4 is 10.8 Å². The summed E-state index contributed by atoms with van der Waals surface area (Å²) in [5.74, 6) is 3.37. The Morgan fingerprint density at radius 1 is 1.04 bits per heavy atom. The fourth-order valence-electron chi connectivity index (χ4n) is 5.72. The minimum absolute atomic E-state index is 0.0643. The Hall–Kier alpha value is -1.63. The van der Waals surface area contributed by atoms with Crippen molar-refractivity contribution in [1.82, 2.24) is 0 Å². The van der Waals surface area contributed by atoms with Crippen LogP contribution in [-0.2, 0) is 6.42 Å². The lowest BCUT2D eigenvalue weighted by Gasteiger charge is -2.42. The molecule has 0 aliphatic heterocycles. The van der Waals surface area contributed by atoms with E-state index in [1.807, 2.05) is 6.08 Å². The molecule has 0 aromatic heterocycles. The van der Waals surface area contributed by atoms with E-state index < -0.39 is 0 Å². The predicted octanol–water partition coefficient (Wildman–Crippen LogP) is 7.81. The molecule has 2 aromatic carbocycles. The molecule has 2 aliphatic carbocycles. The van der Waals surface area contributed by atoms with E-state index in [-0.39, 0.29) is 5.82 Å². The smallest absolute Gasteiger partial charge is 0.131 e. The standard InChI is InChI=1S/C26H33F/c1-3-5-6-19-14-24-12-11-23(17-25(24)26(27)15-19)22-10-9-20-13-18(4-2)7-8-21(20)16-22/h3,11-12,14-15,17-18,20-22H,1,4-10,13,16H2,2H3/t18?,20-,21?,22-/m1/s1. The number of allylic oxidation sites excluding steroid dienone is 1. The van der Waals surface area contributed by atoms with Gasteiger partial charge in [0.2, 0.25) is 0 Å². The molecule has 0 nitrogen and oxygen atoms in total. The van der Waals surface area contributed by atoms with E-state index in [9.17, 15) is 4.39 Å². The lowest BCUT2D eigenvalue weighted by atomic mass is 9.63. The molecule has 0 N–H and O–H groups in total. The molecule has 0 amide bonds. The molecule has 0 saturated heterocycles. The highest BCUT2D eigenvalue weighted by Crippen LogP contribution is 2.48. The third-order valence-corrected chi connectivity index (χ3v) is 7.40. The largest absolute Gasteiger partial charge is 0.206 e. The second-order valence-electron chi connectivity index (χ2n) is 9.00. The molecule has 4 atom stereocenters. The van der Waals surface area contributed by atoms with Crippen LogP contribution < -0.4 is 0 Å². The topological polar surface area (TPSA) is 0 Å². The van der Waals surface area contributed by atoms with Gasteiger partial charge in [-0.15, -0.1) is 6.58 Å². The van der Waals surface area contributed by atoms with Gasteiger partial charge in [0, 0.05) is 5.39 Å². The highest BCUT2D eigenvalue weighted by atomic mass is 19.1. The summed E-state index contributed by atoms with van der Waals surface area (Å²) in [7, 11) is 0. The molecular weight excluding hydrogens is 331 g/mol. The summed E-state index contributed by atoms with van der Waals surface area (Å²) in [4.78, 5) is 0. The van der Waals surface area contributed by atoms with Crippen molar-refractivity contribution in [2.45, 2.75) is 70.6 Å². The van der Waals surface area contributed by atoms with Gasteiger partial charge in [-0.1, -0.05) is 44.0 Å². The van der Waals surface area contributed by atoms with Crippen molar-refractivity contribution in [3.8, 4) is 0 Å². The van der Waals surface area contributed by atoms with E-state index in [4.69, 9.17) is 0 Å². The van der Waals surface area contributed by atoms with E-state index in [2.05, 4.69) is 37.8 Å². The molecule has 144 valence electrons. The first kappa shape index (κ1) is 18.7. The number of rotatable bonds is 5. The average Bonchev–Trinajstić information content (AvgIpc) is 2.71. The van der Waals surface area contributed by atoms with Gasteiger partial charge < -0.3 is 0 Å². The summed E-state index contributed by atoms with van der Waals surface area (Å²) in [6, 6.07) is 10.4. The minimum atomic E-state index is -0.0643. The van der Waals surface area contributed by atoms with Crippen LogP contribution in [0.4, 0.5) is 4.39 Å². The van der Waals surface area contributed by atoms with Gasteiger partial charge >= 0.3 is 0 Å². The molecular formula is C26H33F. The molecule has 2 saturated carbocycles. The predicted molar refractivity (Wildman–Crippen MR) is 114 cm³/mol. The first-order valence-electron chi connectivity index (χ1n) is 11.0. The fourth-order valence-corrected chi connectivity index (χ4v) is 5.72. The number of hydrogen-bond acceptors (Lipinski definition) is 0. The summed E-state index contributed by atoms with van der Waals surface area (Å²) in [6.07, 6.45) is 13.3. The van der Waals surface area contributed by atoms with Crippen LogP contribution >= 0.6 is 0 Å². The van der Waals surface area contributed by atoms with Gasteiger partial charge in [0.25, 0.3) is 0 Å². The maximum absolute atomic E-state index is 14.7. The van der Waals surface area contributed by atoms with Crippen LogP contribution in [0.3, 0.4) is 0 Å². The van der Waals surface area contributed by atoms with E-state index in [0.717, 1.165) is 46.9 Å². The van der Waals surface area contributed by atoms with E-state index >= 15 is 0 Å². The minimum Gasteiger partial charge on any atom is -0.206 e. The van der Waals surface area contributed by atoms with Crippen LogP contribution in [-0.4, -0.2) is 0 Å². The summed E-state index contributed by atoms with van der Waals surface area (Å²) in [5.41, 5.74) is 2.43. The van der Waals surface area contributed by atoms with Gasteiger partial charge in [0.1, 0.15) is 5.82 Å². The Kier molecular flexibility index (Phi) is 5.66. The lowest BCUT2D eigenvalue weighted by molar-refractivity contribution is 0.116. The zero-order chi connectivity index (χ0) is 18.8. The summed E-state index contributed by atoms with van der Waals surface area (Å²) >= 11 is 0. The zero-order valence-electron chi connectivity index (χ0n) is 16.7. The molecule has 0 radical (unpaired) electrons. The Labute approximate surface area is 163 Å². The maximum Gasteiger partial charge on any atom is 0.131 e. The SMILES string of the molecule is C=CCCc1cc(F)c2cc([C@@H]3CC[C@@H]4CC(CC)CCC4C3)ccc2c1. The molecule has 4 rings (SSSR count). The van der Waals surface area contributed by atoms with Gasteiger partial charge in [-0.2, -0.15) is 0 Å². The second-order valence-corrected chi connectivity index (χ2v) is 9.00. The third kappa shape index (κ3) is 3.98. The van der Waals surface area contributed by atoms with E-state index in [1.165, 1.54) is 50.5 Å². The van der Waals surface area contributed by atoms with Crippen LogP contribution in [0.2, 0.25) is 0 Å². The van der Waals surface area contributed by atoms with Crippen molar-refractivity contribution < 1.29 is 4.39 Å². The van der Waals surface area contributed by atoms with Crippen molar-refractivity contribution in [1.29, 1.82) is 0 Å². The zero-order valence-corrected chi connectivity index (χ0v) is 16.7. The third-order valence-electron chi connectivity index (χ3n) is 7.40. The van der Waals surface area contributed by atoms with Crippen molar-refractivity contribution in [3.05, 3.63) is 59.9 Å². The van der Waals surface area contributed by atoms with Crippen LogP contribution in [0.1, 0.15) is 75.3 Å². The van der Waals surface area contributed by atoms with Crippen LogP contribution in [0.5, 0.6) is 0 Å². The number of benzene rings is 2. The first-order chi connectivity index (χ1) is 13.2. The Bertz CT molecular complexity index is 805. The molecule has 0 spiro atoms. The van der Waals surface area contributed by atoms with Crippen molar-refractivity contribution in [2.24, 2.45) is 17.8 Å². The highest BCUT2D eigenvalue weighted by molar-refractivity contribution is 5.84. The molecule has 27 heavy (non-hydrogen) atoms. The maximum atomic E-state index is 14.7. The quantitative estimate of drug-likeness (QED) is 0.475. The van der Waals surface area contributed by atoms with Gasteiger partial charge in [0.05, 0.1) is 0 Å². The number of fused-ring (bicyclic) bond motifs is 2. The Morgan fingerprint density at radius 3 is 2.67 bits per heavy atom. The molecule has 2 fully saturated rings. The van der Waals surface area contributed by atoms with E-state index in [1.54, 1.807) is 6.07 Å². The van der Waals surface area contributed by atoms with Gasteiger partial charge in [-0.3, -0.25) is 0 Å². The highest BCUT2D eigenvalue weighted by Gasteiger charge is 2.35. The summed E-state index contributed by atoms with van der Waals surface area (Å²) in [6.45, 7) is 6.12. The summed E-state index contributed by atoms with van der Waals surface area (Å²) in [5, 5.41) is 1.83. The van der Waals surface area contributed by atoms with Crippen LogP contribution in [0.25, 0.3) is 10.8 Å². The molecule has 0 heterocycles. The lowest BCUT2D eigenvalue weighted by Crippen LogP contribution is -2.30. The number of halogens is 1. The number of aryl methyl sites for hydroxylation is 1. The van der Waals surface area contributed by atoms with Crippen molar-refractivity contribution in [3.63, 3.8) is 0 Å². The molecule has 2 aliphatic rings. The molecule has 2 unspecified atom stereocenters. The van der Waals surface area contributed by atoms with Crippen LogP contribution in [0, 0.1) is 23.6 Å². The fraction of sp³-hybridized carbons (Fsp3) is 0.538. The monoisotopic (exact) mass is 364 g/mol. The van der Waals surface area contributed by atoms with Crippen LogP contribution in [0.15, 0.2) is 43.0 Å². The average molecular weight is 365 g/mol. The first-order valence-corrected chi connectivity index (χ1v) is 11.0. The molecule has 2 aromatic rings. The molecule has 0 bridgehead atoms. The van der Waals surface area contributed by atoms with E-state index in [0.29, 0.717) is 5.92 Å². The normalized spacial score (nSPS) is 28.1. The van der Waals surface area contributed by atoms with Gasteiger partial charge in [-0.25, -0.2) is 4.39 Å². The van der Waals surface area contributed by atoms with Gasteiger partial charge in [-0.05, 0) is 97.3 Å². The Balaban J connectivity index is 1.52. The summed E-state index contributed by atoms with van der Waals surface area (Å²) < 4.78 is 14.7.